The number of likely N-dealkylation sites (tertiary alicyclic amines) is 1. The molecule has 15 heavy (non-hydrogen) atoms. The van der Waals surface area contributed by atoms with E-state index in [0.717, 1.165) is 19.5 Å². The van der Waals surface area contributed by atoms with Crippen molar-refractivity contribution >= 4 is 5.97 Å². The van der Waals surface area contributed by atoms with Gasteiger partial charge in [-0.05, 0) is 33.5 Å². The van der Waals surface area contributed by atoms with E-state index in [1.807, 2.05) is 0 Å². The predicted molar refractivity (Wildman–Crippen MR) is 59.7 cm³/mol. The third-order valence-electron chi connectivity index (χ3n) is 3.39. The maximum absolute atomic E-state index is 11.6. The first kappa shape index (κ1) is 12.5. The highest BCUT2D eigenvalue weighted by Crippen LogP contribution is 2.23. The van der Waals surface area contributed by atoms with E-state index < -0.39 is 0 Å². The lowest BCUT2D eigenvalue weighted by molar-refractivity contribution is -0.149. The third kappa shape index (κ3) is 2.69. The zero-order valence-corrected chi connectivity index (χ0v) is 10.1. The first-order chi connectivity index (χ1) is 7.11. The monoisotopic (exact) mass is 214 g/mol. The third-order valence-corrected chi connectivity index (χ3v) is 3.39. The number of ether oxygens (including phenoxy) is 1. The number of piperidine rings is 1. The van der Waals surface area contributed by atoms with Crippen molar-refractivity contribution in [3.8, 4) is 0 Å². The molecule has 1 aliphatic rings. The Morgan fingerprint density at radius 3 is 2.80 bits per heavy atom. The number of hydrogen-bond donors (Lipinski definition) is 1. The van der Waals surface area contributed by atoms with Gasteiger partial charge in [-0.1, -0.05) is 6.92 Å². The molecule has 0 amide bonds. The van der Waals surface area contributed by atoms with Gasteiger partial charge in [-0.2, -0.15) is 0 Å². The van der Waals surface area contributed by atoms with Crippen LogP contribution in [-0.4, -0.2) is 50.2 Å². The SMILES string of the molecule is CCNC1C(C(=O)OC)CCN(C)C1C. The van der Waals surface area contributed by atoms with Crippen molar-refractivity contribution in [3.63, 3.8) is 0 Å². The van der Waals surface area contributed by atoms with Crippen LogP contribution in [0.25, 0.3) is 0 Å². The lowest BCUT2D eigenvalue weighted by Gasteiger charge is -2.41. The van der Waals surface area contributed by atoms with E-state index in [0.29, 0.717) is 6.04 Å². The molecule has 1 rings (SSSR count). The number of esters is 1. The van der Waals surface area contributed by atoms with Crippen LogP contribution in [0.1, 0.15) is 20.3 Å². The van der Waals surface area contributed by atoms with Crippen LogP contribution in [-0.2, 0) is 9.53 Å². The number of methoxy groups -OCH3 is 1. The summed E-state index contributed by atoms with van der Waals surface area (Å²) >= 11 is 0. The zero-order chi connectivity index (χ0) is 11.4. The summed E-state index contributed by atoms with van der Waals surface area (Å²) in [6.07, 6.45) is 0.880. The molecule has 1 fully saturated rings. The molecule has 1 saturated heterocycles. The van der Waals surface area contributed by atoms with Gasteiger partial charge in [-0.3, -0.25) is 4.79 Å². The highest BCUT2D eigenvalue weighted by Gasteiger charge is 2.37. The van der Waals surface area contributed by atoms with E-state index in [2.05, 4.69) is 31.1 Å². The number of carbonyl (C=O) groups excluding carboxylic acids is 1. The van der Waals surface area contributed by atoms with Crippen LogP contribution >= 0.6 is 0 Å². The largest absolute Gasteiger partial charge is 0.469 e. The van der Waals surface area contributed by atoms with E-state index in [9.17, 15) is 4.79 Å². The number of nitrogens with one attached hydrogen (secondary N) is 1. The van der Waals surface area contributed by atoms with Crippen LogP contribution in [0.5, 0.6) is 0 Å². The number of likely N-dealkylation sites (N-methyl/N-ethyl adjacent to an activating group) is 2. The molecular formula is C11H22N2O2. The van der Waals surface area contributed by atoms with Gasteiger partial charge in [0.05, 0.1) is 13.0 Å². The average molecular weight is 214 g/mol. The molecule has 0 aliphatic carbocycles. The molecular weight excluding hydrogens is 192 g/mol. The maximum atomic E-state index is 11.6. The van der Waals surface area contributed by atoms with Crippen molar-refractivity contribution in [2.45, 2.75) is 32.4 Å². The van der Waals surface area contributed by atoms with Crippen molar-refractivity contribution in [1.82, 2.24) is 10.2 Å². The van der Waals surface area contributed by atoms with Crippen LogP contribution in [0.15, 0.2) is 0 Å². The molecule has 1 heterocycles. The normalized spacial score (nSPS) is 32.7. The van der Waals surface area contributed by atoms with Crippen molar-refractivity contribution in [1.29, 1.82) is 0 Å². The van der Waals surface area contributed by atoms with E-state index in [4.69, 9.17) is 4.74 Å². The molecule has 88 valence electrons. The fraction of sp³-hybridized carbons (Fsp3) is 0.909. The summed E-state index contributed by atoms with van der Waals surface area (Å²) in [5, 5.41) is 3.39. The molecule has 0 saturated carbocycles. The van der Waals surface area contributed by atoms with Gasteiger partial charge in [-0.25, -0.2) is 0 Å². The summed E-state index contributed by atoms with van der Waals surface area (Å²) in [6.45, 7) is 6.07. The minimum Gasteiger partial charge on any atom is -0.469 e. The first-order valence-corrected chi connectivity index (χ1v) is 5.63. The Labute approximate surface area is 92.0 Å². The Bertz CT molecular complexity index is 221. The number of rotatable bonds is 3. The molecule has 4 nitrogen and oxygen atoms in total. The van der Waals surface area contributed by atoms with Gasteiger partial charge >= 0.3 is 5.97 Å². The van der Waals surface area contributed by atoms with Gasteiger partial charge in [0.2, 0.25) is 0 Å². The fourth-order valence-corrected chi connectivity index (χ4v) is 2.30. The second-order valence-corrected chi connectivity index (χ2v) is 4.22. The van der Waals surface area contributed by atoms with E-state index >= 15 is 0 Å². The molecule has 3 atom stereocenters. The molecule has 0 aromatic carbocycles. The summed E-state index contributed by atoms with van der Waals surface area (Å²) in [5.74, 6) is -0.0814. The van der Waals surface area contributed by atoms with Crippen LogP contribution in [0.4, 0.5) is 0 Å². The topological polar surface area (TPSA) is 41.6 Å². The molecule has 0 radical (unpaired) electrons. The van der Waals surface area contributed by atoms with Gasteiger partial charge in [0.15, 0.2) is 0 Å². The highest BCUT2D eigenvalue weighted by molar-refractivity contribution is 5.73. The predicted octanol–water partition coefficient (Wildman–Crippen LogP) is 0.478. The van der Waals surface area contributed by atoms with Crippen molar-refractivity contribution < 1.29 is 9.53 Å². The Kier molecular flexibility index (Phi) is 4.54. The average Bonchev–Trinajstić information content (AvgIpc) is 2.24. The molecule has 3 unspecified atom stereocenters. The maximum Gasteiger partial charge on any atom is 0.310 e. The van der Waals surface area contributed by atoms with Crippen molar-refractivity contribution in [3.05, 3.63) is 0 Å². The number of hydrogen-bond acceptors (Lipinski definition) is 4. The lowest BCUT2D eigenvalue weighted by Crippen LogP contribution is -2.57. The summed E-state index contributed by atoms with van der Waals surface area (Å²) < 4.78 is 4.85. The summed E-state index contributed by atoms with van der Waals surface area (Å²) in [7, 11) is 3.57. The molecule has 0 aromatic heterocycles. The Morgan fingerprint density at radius 1 is 1.60 bits per heavy atom. The van der Waals surface area contributed by atoms with Crippen LogP contribution < -0.4 is 5.32 Å². The van der Waals surface area contributed by atoms with E-state index in [1.54, 1.807) is 0 Å². The summed E-state index contributed by atoms with van der Waals surface area (Å²) in [6, 6.07) is 0.587. The van der Waals surface area contributed by atoms with Crippen LogP contribution in [0.3, 0.4) is 0 Å². The Balaban J connectivity index is 2.72. The lowest BCUT2D eigenvalue weighted by atomic mass is 9.86. The minimum atomic E-state index is -0.0825. The van der Waals surface area contributed by atoms with Crippen LogP contribution in [0, 0.1) is 5.92 Å². The fourth-order valence-electron chi connectivity index (χ4n) is 2.30. The smallest absolute Gasteiger partial charge is 0.310 e. The van der Waals surface area contributed by atoms with Gasteiger partial charge in [0, 0.05) is 12.1 Å². The number of nitrogens with zero attached hydrogens (tertiary/aromatic N) is 1. The molecule has 1 N–H and O–H groups in total. The van der Waals surface area contributed by atoms with E-state index in [1.165, 1.54) is 7.11 Å². The molecule has 0 aromatic rings. The minimum absolute atomic E-state index is 0.00106. The number of carbonyl (C=O) groups is 1. The molecule has 4 heteroatoms. The van der Waals surface area contributed by atoms with E-state index in [-0.39, 0.29) is 17.9 Å². The van der Waals surface area contributed by atoms with Crippen LogP contribution in [0.2, 0.25) is 0 Å². The standard InChI is InChI=1S/C11H22N2O2/c1-5-12-10-8(2)13(3)7-6-9(10)11(14)15-4/h8-10,12H,5-7H2,1-4H3. The van der Waals surface area contributed by atoms with Crippen molar-refractivity contribution in [2.75, 3.05) is 27.2 Å². The van der Waals surface area contributed by atoms with Crippen molar-refractivity contribution in [2.24, 2.45) is 5.92 Å². The molecule has 0 spiro atoms. The second-order valence-electron chi connectivity index (χ2n) is 4.22. The molecule has 1 aliphatic heterocycles. The van der Waals surface area contributed by atoms with Gasteiger partial charge < -0.3 is 15.0 Å². The quantitative estimate of drug-likeness (QED) is 0.694. The Hall–Kier alpha value is -0.610. The summed E-state index contributed by atoms with van der Waals surface area (Å²) in [5.41, 5.74) is 0. The van der Waals surface area contributed by atoms with Gasteiger partial charge in [-0.15, -0.1) is 0 Å². The zero-order valence-electron chi connectivity index (χ0n) is 10.1. The first-order valence-electron chi connectivity index (χ1n) is 5.63. The second kappa shape index (κ2) is 5.47. The van der Waals surface area contributed by atoms with Gasteiger partial charge in [0.1, 0.15) is 0 Å². The summed E-state index contributed by atoms with van der Waals surface area (Å²) in [4.78, 5) is 13.9. The van der Waals surface area contributed by atoms with Gasteiger partial charge in [0.25, 0.3) is 0 Å². The Morgan fingerprint density at radius 2 is 2.27 bits per heavy atom. The molecule has 0 bridgehead atoms. The highest BCUT2D eigenvalue weighted by atomic mass is 16.5.